The number of rotatable bonds is 5. The summed E-state index contributed by atoms with van der Waals surface area (Å²) in [6.45, 7) is -0.269. The molecule has 30 heavy (non-hydrogen) atoms. The zero-order valence-corrected chi connectivity index (χ0v) is 17.3. The number of ether oxygens (including phenoxy) is 1. The number of hydrogen-bond acceptors (Lipinski definition) is 6. The molecule has 3 aromatic rings. The zero-order valence-electron chi connectivity index (χ0n) is 15.8. The van der Waals surface area contributed by atoms with Crippen LogP contribution >= 0.6 is 11.6 Å². The van der Waals surface area contributed by atoms with E-state index >= 15 is 0 Å². The third-order valence-electron chi connectivity index (χ3n) is 4.83. The van der Waals surface area contributed by atoms with Crippen LogP contribution in [0.3, 0.4) is 0 Å². The molecule has 1 fully saturated rings. The number of sulfone groups is 1. The van der Waals surface area contributed by atoms with Crippen molar-refractivity contribution in [2.75, 3.05) is 18.1 Å². The molecule has 7 nitrogen and oxygen atoms in total. The van der Waals surface area contributed by atoms with E-state index in [1.165, 1.54) is 6.07 Å². The average Bonchev–Trinajstić information content (AvgIpc) is 3.04. The minimum Gasteiger partial charge on any atom is -0.484 e. The van der Waals surface area contributed by atoms with Crippen LogP contribution in [0.15, 0.2) is 57.7 Å². The molecule has 1 aliphatic heterocycles. The summed E-state index contributed by atoms with van der Waals surface area (Å²) in [5, 5.41) is 3.93. The molecule has 0 saturated carbocycles. The Bertz CT molecular complexity index is 1270. The second-order valence-electron chi connectivity index (χ2n) is 7.11. The molecule has 0 bridgehead atoms. The molecule has 9 heteroatoms. The van der Waals surface area contributed by atoms with Crippen molar-refractivity contribution in [1.82, 2.24) is 5.32 Å². The fourth-order valence-corrected chi connectivity index (χ4v) is 5.14. The van der Waals surface area contributed by atoms with E-state index in [4.69, 9.17) is 20.8 Å². The molecule has 1 aromatic heterocycles. The van der Waals surface area contributed by atoms with Crippen molar-refractivity contribution in [1.29, 1.82) is 0 Å². The first-order chi connectivity index (χ1) is 14.3. The summed E-state index contributed by atoms with van der Waals surface area (Å²) < 4.78 is 33.8. The fraction of sp³-hybridized carbons (Fsp3) is 0.238. The molecule has 2 heterocycles. The maximum Gasteiger partial charge on any atom is 0.344 e. The van der Waals surface area contributed by atoms with E-state index in [1.54, 1.807) is 42.5 Å². The quantitative estimate of drug-likeness (QED) is 0.603. The van der Waals surface area contributed by atoms with Gasteiger partial charge in [0.1, 0.15) is 11.3 Å². The number of hydrogen-bond donors (Lipinski definition) is 1. The molecule has 1 amide bonds. The van der Waals surface area contributed by atoms with E-state index in [0.717, 1.165) is 0 Å². The Labute approximate surface area is 177 Å². The zero-order chi connectivity index (χ0) is 21.3. The second kappa shape index (κ2) is 8.12. The van der Waals surface area contributed by atoms with Gasteiger partial charge in [-0.15, -0.1) is 0 Å². The van der Waals surface area contributed by atoms with E-state index in [9.17, 15) is 18.0 Å². The van der Waals surface area contributed by atoms with Gasteiger partial charge in [-0.2, -0.15) is 0 Å². The number of amides is 1. The number of nitrogens with one attached hydrogen (secondary N) is 1. The number of carbonyl (C=O) groups excluding carboxylic acids is 1. The van der Waals surface area contributed by atoms with Crippen LogP contribution in [0.1, 0.15) is 6.42 Å². The Morgan fingerprint density at radius 2 is 1.93 bits per heavy atom. The highest BCUT2D eigenvalue weighted by Gasteiger charge is 2.28. The van der Waals surface area contributed by atoms with E-state index in [-0.39, 0.29) is 24.2 Å². The van der Waals surface area contributed by atoms with Crippen molar-refractivity contribution in [3.8, 4) is 16.9 Å². The van der Waals surface area contributed by atoms with E-state index in [2.05, 4.69) is 5.32 Å². The molecule has 1 atom stereocenters. The highest BCUT2D eigenvalue weighted by Crippen LogP contribution is 2.25. The lowest BCUT2D eigenvalue weighted by molar-refractivity contribution is -0.123. The summed E-state index contributed by atoms with van der Waals surface area (Å²) >= 11 is 5.89. The number of halogens is 1. The van der Waals surface area contributed by atoms with Crippen LogP contribution in [-0.4, -0.2) is 38.5 Å². The van der Waals surface area contributed by atoms with Crippen molar-refractivity contribution in [2.45, 2.75) is 12.5 Å². The summed E-state index contributed by atoms with van der Waals surface area (Å²) in [4.78, 5) is 24.4. The van der Waals surface area contributed by atoms with Crippen LogP contribution in [0, 0.1) is 0 Å². The van der Waals surface area contributed by atoms with Gasteiger partial charge in [-0.1, -0.05) is 23.7 Å². The average molecular weight is 448 g/mol. The monoisotopic (exact) mass is 447 g/mol. The predicted octanol–water partition coefficient (Wildman–Crippen LogP) is 2.80. The molecular weight excluding hydrogens is 430 g/mol. The predicted molar refractivity (Wildman–Crippen MR) is 114 cm³/mol. The minimum absolute atomic E-state index is 0.0458. The minimum atomic E-state index is -3.07. The van der Waals surface area contributed by atoms with Crippen molar-refractivity contribution < 1.29 is 22.4 Å². The van der Waals surface area contributed by atoms with Gasteiger partial charge in [0.05, 0.1) is 17.1 Å². The van der Waals surface area contributed by atoms with Gasteiger partial charge in [-0.05, 0) is 42.3 Å². The van der Waals surface area contributed by atoms with E-state index < -0.39 is 21.4 Å². The normalized spacial score (nSPS) is 17.7. The lowest BCUT2D eigenvalue weighted by atomic mass is 10.1. The summed E-state index contributed by atoms with van der Waals surface area (Å²) in [6.07, 6.45) is 0.408. The standard InChI is InChI=1S/C21H18ClNO6S/c22-15-4-1-13(2-5-15)18-9-14-3-6-17(10-19(14)29-21(18)25)28-11-20(24)23-16-7-8-30(26,27)12-16/h1-6,9-10,16H,7-8,11-12H2,(H,23,24)/t16-/m0/s1. The number of benzene rings is 2. The summed E-state index contributed by atoms with van der Waals surface area (Å²) in [7, 11) is -3.07. The van der Waals surface area contributed by atoms with Crippen molar-refractivity contribution in [2.24, 2.45) is 0 Å². The first-order valence-corrected chi connectivity index (χ1v) is 11.5. The summed E-state index contributed by atoms with van der Waals surface area (Å²) in [5.41, 5.74) is 0.944. The van der Waals surface area contributed by atoms with Crippen LogP contribution in [0.2, 0.25) is 5.02 Å². The van der Waals surface area contributed by atoms with Gasteiger partial charge < -0.3 is 14.5 Å². The molecule has 1 N–H and O–H groups in total. The highest BCUT2D eigenvalue weighted by molar-refractivity contribution is 7.91. The largest absolute Gasteiger partial charge is 0.484 e. The van der Waals surface area contributed by atoms with Gasteiger partial charge in [0.2, 0.25) is 0 Å². The Balaban J connectivity index is 1.46. The SMILES string of the molecule is O=C(COc1ccc2cc(-c3ccc(Cl)cc3)c(=O)oc2c1)N[C@H]1CCS(=O)(=O)C1. The van der Waals surface area contributed by atoms with Crippen molar-refractivity contribution in [3.63, 3.8) is 0 Å². The molecule has 1 aliphatic rings. The molecule has 156 valence electrons. The Morgan fingerprint density at radius 1 is 1.17 bits per heavy atom. The smallest absolute Gasteiger partial charge is 0.344 e. The first-order valence-electron chi connectivity index (χ1n) is 9.25. The summed E-state index contributed by atoms with van der Waals surface area (Å²) in [5.74, 6) is -0.00750. The van der Waals surface area contributed by atoms with E-state index in [1.807, 2.05) is 0 Å². The molecule has 0 aliphatic carbocycles. The topological polar surface area (TPSA) is 103 Å². The lowest BCUT2D eigenvalue weighted by Crippen LogP contribution is -2.38. The van der Waals surface area contributed by atoms with Gasteiger partial charge in [-0.25, -0.2) is 13.2 Å². The molecule has 4 rings (SSSR count). The molecule has 1 saturated heterocycles. The van der Waals surface area contributed by atoms with Gasteiger partial charge in [0.25, 0.3) is 5.91 Å². The van der Waals surface area contributed by atoms with Gasteiger partial charge in [-0.3, -0.25) is 4.79 Å². The summed E-state index contributed by atoms with van der Waals surface area (Å²) in [6, 6.07) is 13.2. The van der Waals surface area contributed by atoms with Gasteiger partial charge in [0, 0.05) is 22.5 Å². The van der Waals surface area contributed by atoms with Crippen LogP contribution in [-0.2, 0) is 14.6 Å². The lowest BCUT2D eigenvalue weighted by Gasteiger charge is -2.12. The fourth-order valence-electron chi connectivity index (χ4n) is 3.34. The number of fused-ring (bicyclic) bond motifs is 1. The highest BCUT2D eigenvalue weighted by atomic mass is 35.5. The molecule has 0 spiro atoms. The van der Waals surface area contributed by atoms with E-state index in [0.29, 0.717) is 39.3 Å². The van der Waals surface area contributed by atoms with Crippen LogP contribution in [0.5, 0.6) is 5.75 Å². The Hall–Kier alpha value is -2.84. The first kappa shape index (κ1) is 20.4. The van der Waals surface area contributed by atoms with Crippen LogP contribution in [0.25, 0.3) is 22.1 Å². The van der Waals surface area contributed by atoms with Crippen molar-refractivity contribution >= 4 is 38.3 Å². The maximum absolute atomic E-state index is 12.4. The third-order valence-corrected chi connectivity index (χ3v) is 6.85. The van der Waals surface area contributed by atoms with Gasteiger partial charge >= 0.3 is 5.63 Å². The molecular formula is C21H18ClNO6S. The molecule has 0 radical (unpaired) electrons. The molecule has 2 aromatic carbocycles. The number of carbonyl (C=O) groups is 1. The molecule has 0 unspecified atom stereocenters. The Morgan fingerprint density at radius 3 is 2.63 bits per heavy atom. The Kier molecular flexibility index (Phi) is 5.53. The second-order valence-corrected chi connectivity index (χ2v) is 9.78. The third kappa shape index (κ3) is 4.66. The van der Waals surface area contributed by atoms with Crippen LogP contribution in [0.4, 0.5) is 0 Å². The van der Waals surface area contributed by atoms with Crippen molar-refractivity contribution in [3.05, 3.63) is 64.0 Å². The van der Waals surface area contributed by atoms with Crippen LogP contribution < -0.4 is 15.7 Å². The maximum atomic E-state index is 12.4. The van der Waals surface area contributed by atoms with Gasteiger partial charge in [0.15, 0.2) is 16.4 Å².